The van der Waals surface area contributed by atoms with Gasteiger partial charge in [0.05, 0.1) is 6.54 Å². The average Bonchev–Trinajstić information content (AvgIpc) is 2.45. The number of benzene rings is 1. The van der Waals surface area contributed by atoms with Crippen LogP contribution >= 0.6 is 0 Å². The van der Waals surface area contributed by atoms with Crippen LogP contribution in [0.5, 0.6) is 0 Å². The number of carbonyl (C=O) groups excluding carboxylic acids is 2. The van der Waals surface area contributed by atoms with Gasteiger partial charge in [-0.05, 0) is 18.6 Å². The Kier molecular flexibility index (Phi) is 6.22. The van der Waals surface area contributed by atoms with Crippen molar-refractivity contribution in [2.45, 2.75) is 25.8 Å². The summed E-state index contributed by atoms with van der Waals surface area (Å²) in [5.41, 5.74) is 0.448. The predicted molar refractivity (Wildman–Crippen MR) is 73.2 cm³/mol. The Labute approximate surface area is 117 Å². The van der Waals surface area contributed by atoms with Gasteiger partial charge in [-0.15, -0.1) is 0 Å². The van der Waals surface area contributed by atoms with E-state index in [1.165, 1.54) is 0 Å². The number of carboxylic acids is 1. The van der Waals surface area contributed by atoms with Gasteiger partial charge < -0.3 is 15.7 Å². The van der Waals surface area contributed by atoms with Gasteiger partial charge in [-0.25, -0.2) is 4.79 Å². The Balaban J connectivity index is 2.43. The van der Waals surface area contributed by atoms with E-state index in [2.05, 4.69) is 10.6 Å². The first kappa shape index (κ1) is 15.7. The number of hydrogen-bond acceptors (Lipinski definition) is 3. The Bertz CT molecular complexity index is 473. The van der Waals surface area contributed by atoms with Crippen LogP contribution in [0.3, 0.4) is 0 Å². The number of nitrogens with one attached hydrogen (secondary N) is 2. The minimum atomic E-state index is -1.07. The zero-order valence-corrected chi connectivity index (χ0v) is 11.3. The molecule has 1 aromatic rings. The van der Waals surface area contributed by atoms with E-state index in [1.54, 1.807) is 30.3 Å². The van der Waals surface area contributed by atoms with Crippen LogP contribution in [-0.2, 0) is 9.59 Å². The first-order chi connectivity index (χ1) is 9.54. The summed E-state index contributed by atoms with van der Waals surface area (Å²) in [4.78, 5) is 34.1. The third-order valence-corrected chi connectivity index (χ3v) is 2.66. The minimum Gasteiger partial charge on any atom is -0.480 e. The molecule has 0 heterocycles. The Morgan fingerprint density at radius 1 is 1.20 bits per heavy atom. The number of carboxylic acid groups (broad SMARTS) is 1. The van der Waals surface area contributed by atoms with Crippen LogP contribution in [0.15, 0.2) is 30.3 Å². The lowest BCUT2D eigenvalue weighted by molar-refractivity contribution is -0.141. The first-order valence-corrected chi connectivity index (χ1v) is 6.40. The lowest BCUT2D eigenvalue weighted by atomic mass is 10.1. The molecule has 108 valence electrons. The van der Waals surface area contributed by atoms with Gasteiger partial charge in [0.15, 0.2) is 0 Å². The molecule has 0 aliphatic carbocycles. The van der Waals surface area contributed by atoms with E-state index in [0.29, 0.717) is 18.4 Å². The van der Waals surface area contributed by atoms with Crippen LogP contribution < -0.4 is 10.6 Å². The molecule has 0 spiro atoms. The summed E-state index contributed by atoms with van der Waals surface area (Å²) in [6, 6.07) is 7.56. The molecule has 2 amide bonds. The molecule has 20 heavy (non-hydrogen) atoms. The number of rotatable bonds is 7. The SMILES string of the molecule is CCCC(NC(=O)CNC(=O)c1ccccc1)C(=O)O. The molecule has 0 fully saturated rings. The smallest absolute Gasteiger partial charge is 0.326 e. The maximum absolute atomic E-state index is 11.7. The highest BCUT2D eigenvalue weighted by Gasteiger charge is 2.18. The van der Waals surface area contributed by atoms with E-state index in [1.807, 2.05) is 6.92 Å². The molecule has 6 heteroatoms. The number of aliphatic carboxylic acids is 1. The molecule has 0 aliphatic rings. The average molecular weight is 278 g/mol. The first-order valence-electron chi connectivity index (χ1n) is 6.40. The summed E-state index contributed by atoms with van der Waals surface area (Å²) in [7, 11) is 0. The molecule has 0 saturated carbocycles. The molecule has 1 aromatic carbocycles. The van der Waals surface area contributed by atoms with Gasteiger partial charge in [-0.1, -0.05) is 31.5 Å². The van der Waals surface area contributed by atoms with E-state index in [0.717, 1.165) is 0 Å². The largest absolute Gasteiger partial charge is 0.480 e. The van der Waals surface area contributed by atoms with E-state index in [9.17, 15) is 14.4 Å². The number of amides is 2. The summed E-state index contributed by atoms with van der Waals surface area (Å²) >= 11 is 0. The van der Waals surface area contributed by atoms with Gasteiger partial charge in [-0.3, -0.25) is 9.59 Å². The van der Waals surface area contributed by atoms with Crippen molar-refractivity contribution in [1.82, 2.24) is 10.6 Å². The van der Waals surface area contributed by atoms with Gasteiger partial charge in [0.25, 0.3) is 5.91 Å². The van der Waals surface area contributed by atoms with Crippen LogP contribution in [0.4, 0.5) is 0 Å². The van der Waals surface area contributed by atoms with Crippen LogP contribution in [0, 0.1) is 0 Å². The van der Waals surface area contributed by atoms with E-state index < -0.39 is 17.9 Å². The second-order valence-electron chi connectivity index (χ2n) is 4.30. The quantitative estimate of drug-likeness (QED) is 0.687. The third kappa shape index (κ3) is 5.09. The standard InChI is InChI=1S/C14H18N2O4/c1-2-6-11(14(19)20)16-12(17)9-15-13(18)10-7-4-3-5-8-10/h3-5,7-8,11H,2,6,9H2,1H3,(H,15,18)(H,16,17)(H,19,20). The number of hydrogen-bond donors (Lipinski definition) is 3. The molecule has 0 saturated heterocycles. The zero-order valence-electron chi connectivity index (χ0n) is 11.3. The fraction of sp³-hybridized carbons (Fsp3) is 0.357. The zero-order chi connectivity index (χ0) is 15.0. The fourth-order valence-electron chi connectivity index (χ4n) is 1.64. The molecule has 0 aliphatic heterocycles. The number of carbonyl (C=O) groups is 3. The molecular formula is C14H18N2O4. The summed E-state index contributed by atoms with van der Waals surface area (Å²) in [5, 5.41) is 13.7. The minimum absolute atomic E-state index is 0.249. The molecule has 3 N–H and O–H groups in total. The summed E-state index contributed by atoms with van der Waals surface area (Å²) < 4.78 is 0. The highest BCUT2D eigenvalue weighted by Crippen LogP contribution is 1.98. The normalized spacial score (nSPS) is 11.4. The lowest BCUT2D eigenvalue weighted by Gasteiger charge is -2.13. The second-order valence-corrected chi connectivity index (χ2v) is 4.30. The summed E-state index contributed by atoms with van der Waals surface area (Å²) in [6.45, 7) is 1.58. The van der Waals surface area contributed by atoms with Crippen LogP contribution in [0.25, 0.3) is 0 Å². The second kappa shape index (κ2) is 7.93. The summed E-state index contributed by atoms with van der Waals surface area (Å²) in [6.07, 6.45) is 1.00. The van der Waals surface area contributed by atoms with E-state index >= 15 is 0 Å². The maximum Gasteiger partial charge on any atom is 0.326 e. The van der Waals surface area contributed by atoms with E-state index in [-0.39, 0.29) is 12.5 Å². The van der Waals surface area contributed by atoms with Crippen LogP contribution in [0.1, 0.15) is 30.1 Å². The molecular weight excluding hydrogens is 260 g/mol. The van der Waals surface area contributed by atoms with Gasteiger partial charge in [0.2, 0.25) is 5.91 Å². The topological polar surface area (TPSA) is 95.5 Å². The van der Waals surface area contributed by atoms with Crippen molar-refractivity contribution in [3.05, 3.63) is 35.9 Å². The molecule has 0 bridgehead atoms. The maximum atomic E-state index is 11.7. The highest BCUT2D eigenvalue weighted by atomic mass is 16.4. The molecule has 6 nitrogen and oxygen atoms in total. The van der Waals surface area contributed by atoms with Crippen molar-refractivity contribution in [3.8, 4) is 0 Å². The van der Waals surface area contributed by atoms with Crippen molar-refractivity contribution in [1.29, 1.82) is 0 Å². The molecule has 1 rings (SSSR count). The fourth-order valence-corrected chi connectivity index (χ4v) is 1.64. The lowest BCUT2D eigenvalue weighted by Crippen LogP contribution is -2.45. The Morgan fingerprint density at radius 3 is 2.40 bits per heavy atom. The molecule has 1 unspecified atom stereocenters. The molecule has 1 atom stereocenters. The van der Waals surface area contributed by atoms with E-state index in [4.69, 9.17) is 5.11 Å². The monoisotopic (exact) mass is 278 g/mol. The van der Waals surface area contributed by atoms with Crippen molar-refractivity contribution in [3.63, 3.8) is 0 Å². The van der Waals surface area contributed by atoms with Gasteiger partial charge >= 0.3 is 5.97 Å². The van der Waals surface area contributed by atoms with Crippen molar-refractivity contribution in [2.24, 2.45) is 0 Å². The Hall–Kier alpha value is -2.37. The van der Waals surface area contributed by atoms with Gasteiger partial charge in [-0.2, -0.15) is 0 Å². The van der Waals surface area contributed by atoms with Crippen molar-refractivity contribution in [2.75, 3.05) is 6.54 Å². The Morgan fingerprint density at radius 2 is 1.85 bits per heavy atom. The van der Waals surface area contributed by atoms with Crippen molar-refractivity contribution < 1.29 is 19.5 Å². The highest BCUT2D eigenvalue weighted by molar-refractivity contribution is 5.96. The third-order valence-electron chi connectivity index (χ3n) is 2.66. The van der Waals surface area contributed by atoms with Gasteiger partial charge in [0.1, 0.15) is 6.04 Å². The predicted octanol–water partition coefficient (Wildman–Crippen LogP) is 0.786. The van der Waals surface area contributed by atoms with Gasteiger partial charge in [0, 0.05) is 5.56 Å². The van der Waals surface area contributed by atoms with Crippen molar-refractivity contribution >= 4 is 17.8 Å². The van der Waals surface area contributed by atoms with Crippen LogP contribution in [0.2, 0.25) is 0 Å². The van der Waals surface area contributed by atoms with Crippen LogP contribution in [-0.4, -0.2) is 35.5 Å². The molecule has 0 radical (unpaired) electrons. The molecule has 0 aromatic heterocycles. The summed E-state index contributed by atoms with van der Waals surface area (Å²) in [5.74, 6) is -1.96.